The summed E-state index contributed by atoms with van der Waals surface area (Å²) in [5.74, 6) is 0. The van der Waals surface area contributed by atoms with Gasteiger partial charge in [0.15, 0.2) is 0 Å². The maximum absolute atomic E-state index is 11.5. The molecule has 0 atom stereocenters. The zero-order valence-corrected chi connectivity index (χ0v) is 11.3. The molecule has 2 heterocycles. The SMILES string of the molecule is O=c1ccc(Br)cn1CCNC1CCOCC1. The monoisotopic (exact) mass is 300 g/mol. The van der Waals surface area contributed by atoms with Crippen LogP contribution in [0.25, 0.3) is 0 Å². The summed E-state index contributed by atoms with van der Waals surface area (Å²) in [5.41, 5.74) is 0.0435. The third-order valence-electron chi connectivity index (χ3n) is 2.95. The van der Waals surface area contributed by atoms with Crippen LogP contribution < -0.4 is 10.9 Å². The molecule has 0 unspecified atom stereocenters. The molecule has 0 aliphatic carbocycles. The quantitative estimate of drug-likeness (QED) is 0.913. The molecule has 4 nitrogen and oxygen atoms in total. The number of nitrogens with zero attached hydrogens (tertiary/aromatic N) is 1. The average Bonchev–Trinajstić information content (AvgIpc) is 2.35. The Hall–Kier alpha value is -0.650. The molecular formula is C12H17BrN2O2. The molecule has 0 radical (unpaired) electrons. The zero-order valence-electron chi connectivity index (χ0n) is 9.69. The molecule has 1 aromatic heterocycles. The molecule has 0 aromatic carbocycles. The average molecular weight is 301 g/mol. The van der Waals surface area contributed by atoms with Gasteiger partial charge in [-0.3, -0.25) is 4.79 Å². The lowest BCUT2D eigenvalue weighted by Crippen LogP contribution is -2.37. The first-order valence-corrected chi connectivity index (χ1v) is 6.72. The van der Waals surface area contributed by atoms with Gasteiger partial charge in [0.05, 0.1) is 0 Å². The van der Waals surface area contributed by atoms with E-state index >= 15 is 0 Å². The number of nitrogens with one attached hydrogen (secondary N) is 1. The summed E-state index contributed by atoms with van der Waals surface area (Å²) >= 11 is 3.37. The van der Waals surface area contributed by atoms with Crippen LogP contribution in [0.5, 0.6) is 0 Å². The van der Waals surface area contributed by atoms with Gasteiger partial charge in [-0.05, 0) is 34.8 Å². The molecule has 5 heteroatoms. The highest BCUT2D eigenvalue weighted by Gasteiger charge is 2.12. The number of pyridine rings is 1. The first-order valence-electron chi connectivity index (χ1n) is 5.93. The van der Waals surface area contributed by atoms with Gasteiger partial charge in [0.1, 0.15) is 0 Å². The molecule has 0 bridgehead atoms. The van der Waals surface area contributed by atoms with E-state index < -0.39 is 0 Å². The van der Waals surface area contributed by atoms with Crippen molar-refractivity contribution in [3.8, 4) is 0 Å². The lowest BCUT2D eigenvalue weighted by molar-refractivity contribution is 0.0778. The van der Waals surface area contributed by atoms with E-state index in [9.17, 15) is 4.79 Å². The molecule has 1 aliphatic rings. The Bertz CT molecular complexity index is 413. The van der Waals surface area contributed by atoms with Crippen LogP contribution in [-0.4, -0.2) is 30.4 Å². The Morgan fingerprint density at radius 1 is 1.41 bits per heavy atom. The van der Waals surface area contributed by atoms with E-state index in [0.29, 0.717) is 12.6 Å². The molecule has 0 amide bonds. The van der Waals surface area contributed by atoms with Crippen molar-refractivity contribution in [2.24, 2.45) is 0 Å². The second kappa shape index (κ2) is 6.33. The third-order valence-corrected chi connectivity index (χ3v) is 3.42. The van der Waals surface area contributed by atoms with Crippen LogP contribution >= 0.6 is 15.9 Å². The minimum atomic E-state index is 0.0435. The van der Waals surface area contributed by atoms with Gasteiger partial charge in [-0.15, -0.1) is 0 Å². The summed E-state index contributed by atoms with van der Waals surface area (Å²) in [6, 6.07) is 3.88. The fraction of sp³-hybridized carbons (Fsp3) is 0.583. The first-order chi connectivity index (χ1) is 8.25. The summed E-state index contributed by atoms with van der Waals surface area (Å²) in [5, 5.41) is 3.46. The number of ether oxygens (including phenoxy) is 1. The molecule has 1 aliphatic heterocycles. The Morgan fingerprint density at radius 2 is 2.18 bits per heavy atom. The van der Waals surface area contributed by atoms with Crippen molar-refractivity contribution < 1.29 is 4.74 Å². The topological polar surface area (TPSA) is 43.3 Å². The van der Waals surface area contributed by atoms with Crippen molar-refractivity contribution in [3.63, 3.8) is 0 Å². The molecule has 0 saturated carbocycles. The second-order valence-electron chi connectivity index (χ2n) is 4.22. The third kappa shape index (κ3) is 3.94. The summed E-state index contributed by atoms with van der Waals surface area (Å²) < 4.78 is 7.95. The first kappa shape index (κ1) is 12.8. The van der Waals surface area contributed by atoms with Gasteiger partial charge in [0.25, 0.3) is 5.56 Å². The highest BCUT2D eigenvalue weighted by atomic mass is 79.9. The molecule has 1 N–H and O–H groups in total. The van der Waals surface area contributed by atoms with Gasteiger partial charge in [0, 0.05) is 49.1 Å². The van der Waals surface area contributed by atoms with Gasteiger partial charge in [-0.1, -0.05) is 0 Å². The van der Waals surface area contributed by atoms with Gasteiger partial charge in [-0.2, -0.15) is 0 Å². The van der Waals surface area contributed by atoms with Gasteiger partial charge in [-0.25, -0.2) is 0 Å². The largest absolute Gasteiger partial charge is 0.381 e. The summed E-state index contributed by atoms with van der Waals surface area (Å²) in [6.07, 6.45) is 3.95. The van der Waals surface area contributed by atoms with Crippen molar-refractivity contribution in [2.75, 3.05) is 19.8 Å². The summed E-state index contributed by atoms with van der Waals surface area (Å²) in [4.78, 5) is 11.5. The fourth-order valence-electron chi connectivity index (χ4n) is 1.97. The van der Waals surface area contributed by atoms with Gasteiger partial charge < -0.3 is 14.6 Å². The van der Waals surface area contributed by atoms with Crippen molar-refractivity contribution in [2.45, 2.75) is 25.4 Å². The standard InChI is InChI=1S/C12H17BrN2O2/c13-10-1-2-12(16)15(9-10)6-5-14-11-3-7-17-8-4-11/h1-2,9,11,14H,3-8H2. The molecule has 1 aromatic rings. The lowest BCUT2D eigenvalue weighted by atomic mass is 10.1. The van der Waals surface area contributed by atoms with Crippen molar-refractivity contribution in [3.05, 3.63) is 33.2 Å². The number of halogens is 1. The Kier molecular flexibility index (Phi) is 4.76. The van der Waals surface area contributed by atoms with Crippen LogP contribution in [0, 0.1) is 0 Å². The number of hydrogen-bond acceptors (Lipinski definition) is 3. The van der Waals surface area contributed by atoms with E-state index in [0.717, 1.165) is 37.1 Å². The van der Waals surface area contributed by atoms with E-state index in [1.807, 2.05) is 6.20 Å². The highest BCUT2D eigenvalue weighted by molar-refractivity contribution is 9.10. The number of rotatable bonds is 4. The van der Waals surface area contributed by atoms with Crippen molar-refractivity contribution in [1.29, 1.82) is 0 Å². The van der Waals surface area contributed by atoms with Crippen LogP contribution in [0.2, 0.25) is 0 Å². The summed E-state index contributed by atoms with van der Waals surface area (Å²) in [7, 11) is 0. The van der Waals surface area contributed by atoms with Crippen molar-refractivity contribution in [1.82, 2.24) is 9.88 Å². The molecule has 94 valence electrons. The van der Waals surface area contributed by atoms with Crippen molar-refractivity contribution >= 4 is 15.9 Å². The molecule has 17 heavy (non-hydrogen) atoms. The highest BCUT2D eigenvalue weighted by Crippen LogP contribution is 2.06. The molecule has 1 fully saturated rings. The van der Waals surface area contributed by atoms with E-state index in [1.165, 1.54) is 0 Å². The summed E-state index contributed by atoms with van der Waals surface area (Å²) in [6.45, 7) is 3.21. The maximum atomic E-state index is 11.5. The minimum Gasteiger partial charge on any atom is -0.381 e. The van der Waals surface area contributed by atoms with E-state index in [-0.39, 0.29) is 5.56 Å². The Morgan fingerprint density at radius 3 is 2.94 bits per heavy atom. The lowest BCUT2D eigenvalue weighted by Gasteiger charge is -2.23. The van der Waals surface area contributed by atoms with Crippen LogP contribution in [0.15, 0.2) is 27.6 Å². The number of hydrogen-bond donors (Lipinski definition) is 1. The van der Waals surface area contributed by atoms with Crippen LogP contribution in [0.3, 0.4) is 0 Å². The predicted octanol–water partition coefficient (Wildman–Crippen LogP) is 1.38. The van der Waals surface area contributed by atoms with Gasteiger partial charge in [0.2, 0.25) is 0 Å². The van der Waals surface area contributed by atoms with E-state index in [2.05, 4.69) is 21.2 Å². The van der Waals surface area contributed by atoms with Crippen LogP contribution in [-0.2, 0) is 11.3 Å². The maximum Gasteiger partial charge on any atom is 0.250 e. The second-order valence-corrected chi connectivity index (χ2v) is 5.14. The molecule has 1 saturated heterocycles. The van der Waals surface area contributed by atoms with Gasteiger partial charge >= 0.3 is 0 Å². The molecule has 2 rings (SSSR count). The zero-order chi connectivity index (χ0) is 12.1. The molecule has 0 spiro atoms. The fourth-order valence-corrected chi connectivity index (χ4v) is 2.35. The normalized spacial score (nSPS) is 17.2. The molecular weight excluding hydrogens is 284 g/mol. The Balaban J connectivity index is 1.81. The van der Waals surface area contributed by atoms with E-state index in [1.54, 1.807) is 16.7 Å². The van der Waals surface area contributed by atoms with E-state index in [4.69, 9.17) is 4.74 Å². The Labute approximate surface area is 109 Å². The smallest absolute Gasteiger partial charge is 0.250 e. The van der Waals surface area contributed by atoms with Crippen LogP contribution in [0.4, 0.5) is 0 Å². The number of aromatic nitrogens is 1. The van der Waals surface area contributed by atoms with Crippen LogP contribution in [0.1, 0.15) is 12.8 Å². The predicted molar refractivity (Wildman–Crippen MR) is 70.2 cm³/mol. The minimum absolute atomic E-state index is 0.0435.